The molecule has 4 nitrogen and oxygen atoms in total. The molecule has 0 atom stereocenters. The molecule has 2 N–H and O–H groups in total. The zero-order valence-electron chi connectivity index (χ0n) is 12.2. The molecule has 0 radical (unpaired) electrons. The smallest absolute Gasteiger partial charge is 0.191 e. The fraction of sp³-hybridized carbons (Fsp3) is 0.533. The summed E-state index contributed by atoms with van der Waals surface area (Å²) in [5.74, 6) is 2.62. The minimum absolute atomic E-state index is 0. The number of methoxy groups -OCH3 is 1. The molecular weight excluding hydrogens is 365 g/mol. The van der Waals surface area contributed by atoms with Gasteiger partial charge in [0.2, 0.25) is 0 Å². The first kappa shape index (κ1) is 17.1. The summed E-state index contributed by atoms with van der Waals surface area (Å²) in [6.45, 7) is 4.61. The van der Waals surface area contributed by atoms with Crippen molar-refractivity contribution in [3.63, 3.8) is 0 Å². The molecule has 0 aromatic heterocycles. The van der Waals surface area contributed by atoms with Gasteiger partial charge in [-0.2, -0.15) is 0 Å². The van der Waals surface area contributed by atoms with E-state index in [-0.39, 0.29) is 24.0 Å². The molecule has 0 aliphatic heterocycles. The molecule has 0 heterocycles. The third-order valence-corrected chi connectivity index (χ3v) is 3.20. The molecule has 0 unspecified atom stereocenters. The number of benzene rings is 1. The van der Waals surface area contributed by atoms with Crippen LogP contribution in [-0.2, 0) is 6.54 Å². The van der Waals surface area contributed by atoms with Gasteiger partial charge in [-0.3, -0.25) is 0 Å². The monoisotopic (exact) mass is 389 g/mol. The third-order valence-electron chi connectivity index (χ3n) is 3.20. The van der Waals surface area contributed by atoms with Crippen molar-refractivity contribution in [1.29, 1.82) is 0 Å². The summed E-state index contributed by atoms with van der Waals surface area (Å²) in [5.41, 5.74) is 1.11. The Kier molecular flexibility index (Phi) is 7.72. The molecule has 0 spiro atoms. The van der Waals surface area contributed by atoms with Crippen LogP contribution in [0.15, 0.2) is 29.3 Å². The normalized spacial score (nSPS) is 14.4. The fourth-order valence-corrected chi connectivity index (χ4v) is 1.90. The number of rotatable bonds is 6. The molecule has 0 amide bonds. The summed E-state index contributed by atoms with van der Waals surface area (Å²) in [6.07, 6.45) is 2.69. The number of halogens is 1. The molecule has 0 saturated heterocycles. The Labute approximate surface area is 138 Å². The van der Waals surface area contributed by atoms with E-state index < -0.39 is 0 Å². The molecular formula is C15H24IN3O. The highest BCUT2D eigenvalue weighted by Crippen LogP contribution is 2.27. The SMILES string of the molecule is CCNC(=NCc1ccccc1OC)NCC1CC1.I. The summed E-state index contributed by atoms with van der Waals surface area (Å²) in [4.78, 5) is 4.61. The van der Waals surface area contributed by atoms with Crippen LogP contribution in [0, 0.1) is 5.92 Å². The average Bonchev–Trinajstić information content (AvgIpc) is 3.26. The summed E-state index contributed by atoms with van der Waals surface area (Å²) in [6, 6.07) is 8.00. The van der Waals surface area contributed by atoms with Crippen molar-refractivity contribution in [1.82, 2.24) is 10.6 Å². The lowest BCUT2D eigenvalue weighted by Crippen LogP contribution is -2.38. The van der Waals surface area contributed by atoms with Gasteiger partial charge in [-0.25, -0.2) is 4.99 Å². The quantitative estimate of drug-likeness (QED) is 0.447. The van der Waals surface area contributed by atoms with E-state index >= 15 is 0 Å². The predicted molar refractivity (Wildman–Crippen MR) is 94.0 cm³/mol. The van der Waals surface area contributed by atoms with Crippen molar-refractivity contribution in [2.24, 2.45) is 10.9 Å². The molecule has 1 fully saturated rings. The zero-order chi connectivity index (χ0) is 13.5. The first-order chi connectivity index (χ1) is 9.33. The van der Waals surface area contributed by atoms with Gasteiger partial charge in [-0.15, -0.1) is 24.0 Å². The van der Waals surface area contributed by atoms with Crippen molar-refractivity contribution in [2.45, 2.75) is 26.3 Å². The molecule has 1 aromatic carbocycles. The maximum Gasteiger partial charge on any atom is 0.191 e. The second-order valence-electron chi connectivity index (χ2n) is 4.83. The van der Waals surface area contributed by atoms with E-state index in [9.17, 15) is 0 Å². The van der Waals surface area contributed by atoms with Crippen LogP contribution in [0.4, 0.5) is 0 Å². The summed E-state index contributed by atoms with van der Waals surface area (Å²) in [7, 11) is 1.69. The minimum atomic E-state index is 0. The van der Waals surface area contributed by atoms with E-state index in [1.807, 2.05) is 24.3 Å². The molecule has 2 rings (SSSR count). The largest absolute Gasteiger partial charge is 0.496 e. The number of guanidine groups is 1. The number of hydrogen-bond donors (Lipinski definition) is 2. The Balaban J connectivity index is 0.00000200. The van der Waals surface area contributed by atoms with Gasteiger partial charge in [0, 0.05) is 18.7 Å². The number of nitrogens with one attached hydrogen (secondary N) is 2. The van der Waals surface area contributed by atoms with Crippen LogP contribution < -0.4 is 15.4 Å². The van der Waals surface area contributed by atoms with Gasteiger partial charge >= 0.3 is 0 Å². The van der Waals surface area contributed by atoms with Gasteiger partial charge in [0.15, 0.2) is 5.96 Å². The molecule has 1 aromatic rings. The Bertz CT molecular complexity index is 433. The summed E-state index contributed by atoms with van der Waals surface area (Å²) < 4.78 is 5.34. The lowest BCUT2D eigenvalue weighted by atomic mass is 10.2. The highest BCUT2D eigenvalue weighted by atomic mass is 127. The molecule has 5 heteroatoms. The van der Waals surface area contributed by atoms with Crippen molar-refractivity contribution in [3.05, 3.63) is 29.8 Å². The van der Waals surface area contributed by atoms with Crippen LogP contribution >= 0.6 is 24.0 Å². The topological polar surface area (TPSA) is 45.7 Å². The lowest BCUT2D eigenvalue weighted by Gasteiger charge is -2.11. The van der Waals surface area contributed by atoms with E-state index in [2.05, 4.69) is 22.5 Å². The van der Waals surface area contributed by atoms with Crippen LogP contribution in [-0.4, -0.2) is 26.2 Å². The highest BCUT2D eigenvalue weighted by molar-refractivity contribution is 14.0. The van der Waals surface area contributed by atoms with E-state index in [1.165, 1.54) is 12.8 Å². The summed E-state index contributed by atoms with van der Waals surface area (Å²) in [5, 5.41) is 6.66. The van der Waals surface area contributed by atoms with Crippen molar-refractivity contribution >= 4 is 29.9 Å². The second-order valence-corrected chi connectivity index (χ2v) is 4.83. The standard InChI is InChI=1S/C15H23N3O.HI/c1-3-16-15(17-10-12-8-9-12)18-11-13-6-4-5-7-14(13)19-2;/h4-7,12H,3,8-11H2,1-2H3,(H2,16,17,18);1H. The van der Waals surface area contributed by atoms with Gasteiger partial charge in [0.25, 0.3) is 0 Å². The van der Waals surface area contributed by atoms with Gasteiger partial charge in [0.05, 0.1) is 13.7 Å². The van der Waals surface area contributed by atoms with Crippen LogP contribution in [0.25, 0.3) is 0 Å². The second kappa shape index (κ2) is 9.05. The number of nitrogens with zero attached hydrogens (tertiary/aromatic N) is 1. The molecule has 20 heavy (non-hydrogen) atoms. The average molecular weight is 389 g/mol. The predicted octanol–water partition coefficient (Wildman–Crippen LogP) is 2.78. The molecule has 1 aliphatic carbocycles. The maximum atomic E-state index is 5.34. The molecule has 0 bridgehead atoms. The van der Waals surface area contributed by atoms with Crippen LogP contribution in [0.1, 0.15) is 25.3 Å². The molecule has 1 saturated carbocycles. The van der Waals surface area contributed by atoms with E-state index in [4.69, 9.17) is 4.74 Å². The van der Waals surface area contributed by atoms with Crippen molar-refractivity contribution < 1.29 is 4.74 Å². The maximum absolute atomic E-state index is 5.34. The molecule has 1 aliphatic rings. The first-order valence-electron chi connectivity index (χ1n) is 6.97. The van der Waals surface area contributed by atoms with Crippen molar-refractivity contribution in [3.8, 4) is 5.75 Å². The van der Waals surface area contributed by atoms with E-state index in [1.54, 1.807) is 7.11 Å². The van der Waals surface area contributed by atoms with Gasteiger partial charge < -0.3 is 15.4 Å². The lowest BCUT2D eigenvalue weighted by molar-refractivity contribution is 0.410. The number of aliphatic imine (C=N–C) groups is 1. The number of hydrogen-bond acceptors (Lipinski definition) is 2. The molecule has 112 valence electrons. The number of ether oxygens (including phenoxy) is 1. The zero-order valence-corrected chi connectivity index (χ0v) is 14.5. The minimum Gasteiger partial charge on any atom is -0.496 e. The van der Waals surface area contributed by atoms with Gasteiger partial charge in [-0.1, -0.05) is 18.2 Å². The van der Waals surface area contributed by atoms with Gasteiger partial charge in [0.1, 0.15) is 5.75 Å². The Morgan fingerprint density at radius 1 is 1.30 bits per heavy atom. The van der Waals surface area contributed by atoms with Crippen LogP contribution in [0.5, 0.6) is 5.75 Å². The third kappa shape index (κ3) is 5.56. The number of para-hydroxylation sites is 1. The fourth-order valence-electron chi connectivity index (χ4n) is 1.90. The Morgan fingerprint density at radius 3 is 2.70 bits per heavy atom. The van der Waals surface area contributed by atoms with Crippen LogP contribution in [0.3, 0.4) is 0 Å². The first-order valence-corrected chi connectivity index (χ1v) is 6.97. The van der Waals surface area contributed by atoms with Crippen LogP contribution in [0.2, 0.25) is 0 Å². The van der Waals surface area contributed by atoms with E-state index in [0.29, 0.717) is 6.54 Å². The van der Waals surface area contributed by atoms with E-state index in [0.717, 1.165) is 36.3 Å². The van der Waals surface area contributed by atoms with Crippen molar-refractivity contribution in [2.75, 3.05) is 20.2 Å². The Hall–Kier alpha value is -0.980. The highest BCUT2D eigenvalue weighted by Gasteiger charge is 2.21. The summed E-state index contributed by atoms with van der Waals surface area (Å²) >= 11 is 0. The van der Waals surface area contributed by atoms with Gasteiger partial charge in [-0.05, 0) is 31.7 Å². The Morgan fingerprint density at radius 2 is 2.05 bits per heavy atom.